The molecule has 0 saturated heterocycles. The van der Waals surface area contributed by atoms with Crippen molar-refractivity contribution < 1.29 is 17.8 Å². The van der Waals surface area contributed by atoms with Gasteiger partial charge in [-0.25, -0.2) is 0 Å². The van der Waals surface area contributed by atoms with Crippen molar-refractivity contribution in [3.63, 3.8) is 0 Å². The molecule has 6 nitrogen and oxygen atoms in total. The first-order valence-electron chi connectivity index (χ1n) is 4.64. The lowest BCUT2D eigenvalue weighted by molar-refractivity contribution is -0.114. The Morgan fingerprint density at radius 3 is 2.12 bits per heavy atom. The zero-order chi connectivity index (χ0) is 12.6. The Kier molecular flexibility index (Phi) is 2.64. The molecule has 0 unspecified atom stereocenters. The summed E-state index contributed by atoms with van der Waals surface area (Å²) in [5.41, 5.74) is 1.39. The first-order valence-corrected chi connectivity index (χ1v) is 6.08. The van der Waals surface area contributed by atoms with Crippen LogP contribution in [0.3, 0.4) is 0 Å². The van der Waals surface area contributed by atoms with E-state index in [1.54, 1.807) is 6.92 Å². The first-order chi connectivity index (χ1) is 7.89. The lowest BCUT2D eigenvalue weighted by atomic mass is 10.1. The predicted molar refractivity (Wildman–Crippen MR) is 58.7 cm³/mol. The van der Waals surface area contributed by atoms with Crippen LogP contribution in [0.2, 0.25) is 0 Å². The average molecular weight is 252 g/mol. The fourth-order valence-corrected chi connectivity index (χ4v) is 1.89. The standard InChI is InChI=1S/C10H8N2O4S/c1-6-9(11-12-10(6)13)7-2-4-8(5-3-7)17(14,15)16/h2-5H,1H3,(H,14,15,16). The van der Waals surface area contributed by atoms with E-state index in [2.05, 4.69) is 10.2 Å². The molecule has 2 rings (SSSR count). The Hall–Kier alpha value is -1.86. The van der Waals surface area contributed by atoms with Gasteiger partial charge in [-0.05, 0) is 19.1 Å². The van der Waals surface area contributed by atoms with E-state index >= 15 is 0 Å². The summed E-state index contributed by atoms with van der Waals surface area (Å²) >= 11 is 0. The van der Waals surface area contributed by atoms with Crippen LogP contribution in [0.5, 0.6) is 0 Å². The maximum atomic E-state index is 11.1. The fraction of sp³-hybridized carbons (Fsp3) is 0.100. The van der Waals surface area contributed by atoms with Crippen LogP contribution in [-0.2, 0) is 14.9 Å². The zero-order valence-corrected chi connectivity index (χ0v) is 9.60. The van der Waals surface area contributed by atoms with Crippen molar-refractivity contribution in [2.75, 3.05) is 0 Å². The normalized spacial score (nSPS) is 15.8. The number of nitrogens with zero attached hydrogens (tertiary/aromatic N) is 2. The molecule has 0 spiro atoms. The minimum Gasteiger partial charge on any atom is -0.282 e. The van der Waals surface area contributed by atoms with Gasteiger partial charge in [-0.2, -0.15) is 8.42 Å². The molecule has 0 fully saturated rings. The van der Waals surface area contributed by atoms with Crippen LogP contribution >= 0.6 is 0 Å². The van der Waals surface area contributed by atoms with Crippen molar-refractivity contribution in [1.29, 1.82) is 0 Å². The number of carbonyl (C=O) groups is 1. The Balaban J connectivity index is 2.45. The Morgan fingerprint density at radius 2 is 1.71 bits per heavy atom. The van der Waals surface area contributed by atoms with Gasteiger partial charge in [0, 0.05) is 11.1 Å². The molecule has 1 N–H and O–H groups in total. The summed E-state index contributed by atoms with van der Waals surface area (Å²) in [7, 11) is -4.20. The summed E-state index contributed by atoms with van der Waals surface area (Å²) in [4.78, 5) is 10.9. The molecule has 0 bridgehead atoms. The maximum absolute atomic E-state index is 11.1. The number of amides is 1. The second kappa shape index (κ2) is 3.86. The van der Waals surface area contributed by atoms with Gasteiger partial charge in [0.15, 0.2) is 0 Å². The Morgan fingerprint density at radius 1 is 1.12 bits per heavy atom. The van der Waals surface area contributed by atoms with E-state index in [1.165, 1.54) is 24.3 Å². The summed E-state index contributed by atoms with van der Waals surface area (Å²) in [5.74, 6) is -0.404. The second-order valence-electron chi connectivity index (χ2n) is 3.48. The van der Waals surface area contributed by atoms with Gasteiger partial charge in [-0.1, -0.05) is 12.1 Å². The lowest BCUT2D eigenvalue weighted by Gasteiger charge is -2.01. The van der Waals surface area contributed by atoms with E-state index in [0.29, 0.717) is 16.8 Å². The van der Waals surface area contributed by atoms with Gasteiger partial charge < -0.3 is 0 Å². The van der Waals surface area contributed by atoms with E-state index in [0.717, 1.165) is 0 Å². The molecule has 7 heteroatoms. The minimum atomic E-state index is -4.20. The summed E-state index contributed by atoms with van der Waals surface area (Å²) in [6.45, 7) is 1.59. The van der Waals surface area contributed by atoms with Gasteiger partial charge in [0.05, 0.1) is 4.90 Å². The topological polar surface area (TPSA) is 96.2 Å². The van der Waals surface area contributed by atoms with Crippen molar-refractivity contribution in [3.05, 3.63) is 35.4 Å². The third kappa shape index (κ3) is 2.15. The highest BCUT2D eigenvalue weighted by Crippen LogP contribution is 2.26. The van der Waals surface area contributed by atoms with Crippen LogP contribution in [0.25, 0.3) is 5.70 Å². The van der Waals surface area contributed by atoms with Gasteiger partial charge in [0.1, 0.15) is 5.70 Å². The zero-order valence-electron chi connectivity index (χ0n) is 8.78. The molecule has 1 aliphatic rings. The SMILES string of the molecule is CC1=C(c2ccc(S(=O)(=O)O)cc2)N=NC1=O. The highest BCUT2D eigenvalue weighted by molar-refractivity contribution is 7.85. The van der Waals surface area contributed by atoms with Gasteiger partial charge in [0.25, 0.3) is 16.0 Å². The van der Waals surface area contributed by atoms with Crippen LogP contribution in [-0.4, -0.2) is 18.9 Å². The van der Waals surface area contributed by atoms with E-state index in [9.17, 15) is 13.2 Å². The van der Waals surface area contributed by atoms with Crippen molar-refractivity contribution in [1.82, 2.24) is 0 Å². The average Bonchev–Trinajstić information content (AvgIpc) is 2.59. The Labute approximate surface area is 97.4 Å². The predicted octanol–water partition coefficient (Wildman–Crippen LogP) is 1.66. The molecule has 0 atom stereocenters. The fourth-order valence-electron chi connectivity index (χ4n) is 1.41. The van der Waals surface area contributed by atoms with Crippen molar-refractivity contribution in [3.8, 4) is 0 Å². The number of carbonyl (C=O) groups excluding carboxylic acids is 1. The van der Waals surface area contributed by atoms with Crippen LogP contribution in [0.4, 0.5) is 0 Å². The molecular weight excluding hydrogens is 244 g/mol. The monoisotopic (exact) mass is 252 g/mol. The highest BCUT2D eigenvalue weighted by atomic mass is 32.2. The molecule has 1 aromatic carbocycles. The second-order valence-corrected chi connectivity index (χ2v) is 4.90. The number of rotatable bonds is 2. The number of hydrogen-bond donors (Lipinski definition) is 1. The van der Waals surface area contributed by atoms with Gasteiger partial charge in [-0.3, -0.25) is 9.35 Å². The molecule has 1 heterocycles. The van der Waals surface area contributed by atoms with E-state index in [1.807, 2.05) is 0 Å². The molecular formula is C10H8N2O4S. The molecule has 88 valence electrons. The maximum Gasteiger partial charge on any atom is 0.294 e. The first kappa shape index (κ1) is 11.6. The van der Waals surface area contributed by atoms with Crippen LogP contribution < -0.4 is 0 Å². The molecule has 0 radical (unpaired) electrons. The van der Waals surface area contributed by atoms with Gasteiger partial charge in [-0.15, -0.1) is 10.2 Å². The molecule has 0 saturated carbocycles. The molecule has 17 heavy (non-hydrogen) atoms. The largest absolute Gasteiger partial charge is 0.294 e. The number of azo groups is 1. The molecule has 0 aromatic heterocycles. The lowest BCUT2D eigenvalue weighted by Crippen LogP contribution is -1.98. The summed E-state index contributed by atoms with van der Waals surface area (Å²) in [5, 5.41) is 7.09. The van der Waals surface area contributed by atoms with Gasteiger partial charge >= 0.3 is 0 Å². The van der Waals surface area contributed by atoms with Crippen molar-refractivity contribution in [2.24, 2.45) is 10.2 Å². The molecule has 1 aliphatic heterocycles. The number of benzene rings is 1. The van der Waals surface area contributed by atoms with Crippen LogP contribution in [0, 0.1) is 0 Å². The summed E-state index contributed by atoms with van der Waals surface area (Å²) in [6.07, 6.45) is 0. The number of hydrogen-bond acceptors (Lipinski definition) is 4. The quantitative estimate of drug-likeness (QED) is 0.809. The van der Waals surface area contributed by atoms with Crippen LogP contribution in [0.15, 0.2) is 45.0 Å². The van der Waals surface area contributed by atoms with Crippen molar-refractivity contribution in [2.45, 2.75) is 11.8 Å². The highest BCUT2D eigenvalue weighted by Gasteiger charge is 2.18. The third-order valence-electron chi connectivity index (χ3n) is 2.34. The summed E-state index contributed by atoms with van der Waals surface area (Å²) < 4.78 is 30.5. The molecule has 1 amide bonds. The van der Waals surface area contributed by atoms with E-state index in [4.69, 9.17) is 4.55 Å². The molecule has 1 aromatic rings. The van der Waals surface area contributed by atoms with E-state index < -0.39 is 16.0 Å². The summed E-state index contributed by atoms with van der Waals surface area (Å²) in [6, 6.07) is 5.39. The smallest absolute Gasteiger partial charge is 0.282 e. The minimum absolute atomic E-state index is 0.208. The van der Waals surface area contributed by atoms with E-state index in [-0.39, 0.29) is 4.90 Å². The molecule has 0 aliphatic carbocycles. The Bertz CT molecular complexity index is 641. The van der Waals surface area contributed by atoms with Crippen molar-refractivity contribution >= 4 is 21.7 Å². The van der Waals surface area contributed by atoms with Gasteiger partial charge in [0.2, 0.25) is 0 Å². The van der Waals surface area contributed by atoms with Crippen LogP contribution in [0.1, 0.15) is 12.5 Å². The third-order valence-corrected chi connectivity index (χ3v) is 3.21.